The Labute approximate surface area is 263 Å². The van der Waals surface area contributed by atoms with Crippen LogP contribution in [0.25, 0.3) is 0 Å². The molecule has 5 rings (SSSR count). The maximum absolute atomic E-state index is 14.5. The molecule has 45 heavy (non-hydrogen) atoms. The summed E-state index contributed by atoms with van der Waals surface area (Å²) in [6.45, 7) is 13.3. The van der Waals surface area contributed by atoms with Crippen LogP contribution in [-0.4, -0.2) is 48.7 Å². The molecule has 2 N–H and O–H groups in total. The zero-order valence-electron chi connectivity index (χ0n) is 27.0. The summed E-state index contributed by atoms with van der Waals surface area (Å²) < 4.78 is 28.7. The Kier molecular flexibility index (Phi) is 8.92. The molecule has 1 aliphatic carbocycles. The van der Waals surface area contributed by atoms with Gasteiger partial charge in [-0.3, -0.25) is 14.6 Å². The van der Waals surface area contributed by atoms with Crippen LogP contribution in [0, 0.1) is 28.4 Å². The molecule has 1 aromatic heterocycles. The third kappa shape index (κ3) is 7.28. The van der Waals surface area contributed by atoms with Crippen LogP contribution in [0.15, 0.2) is 47.5 Å². The van der Waals surface area contributed by atoms with Gasteiger partial charge in [0.15, 0.2) is 5.82 Å². The molecule has 1 saturated carbocycles. The zero-order chi connectivity index (χ0) is 32.6. The summed E-state index contributed by atoms with van der Waals surface area (Å²) in [5, 5.41) is 16.4. The van der Waals surface area contributed by atoms with Crippen molar-refractivity contribution in [2.45, 2.75) is 98.3 Å². The number of amides is 2. The van der Waals surface area contributed by atoms with Crippen LogP contribution in [0.1, 0.15) is 113 Å². The minimum absolute atomic E-state index is 0.0115. The quantitative estimate of drug-likeness (QED) is 0.297. The molecule has 1 atom stereocenters. The van der Waals surface area contributed by atoms with Crippen LogP contribution in [-0.2, 0) is 11.3 Å². The number of H-pyrrole nitrogens is 1. The number of benzene rings is 2. The fraction of sp³-hybridized carbons (Fsp3) is 0.529. The van der Waals surface area contributed by atoms with E-state index in [1.165, 1.54) is 12.1 Å². The predicted octanol–water partition coefficient (Wildman–Crippen LogP) is 6.54. The summed E-state index contributed by atoms with van der Waals surface area (Å²) in [6, 6.07) is 10.1. The molecule has 1 fully saturated rings. The van der Waals surface area contributed by atoms with Crippen LogP contribution in [0.5, 0.6) is 0 Å². The van der Waals surface area contributed by atoms with Crippen molar-refractivity contribution in [1.82, 2.24) is 30.8 Å². The number of hydrogen-bond acceptors (Lipinski definition) is 6. The van der Waals surface area contributed by atoms with Crippen molar-refractivity contribution in [3.8, 4) is 0 Å². The van der Waals surface area contributed by atoms with Gasteiger partial charge in [0, 0.05) is 17.2 Å². The number of tetrazole rings is 1. The Bertz CT molecular complexity index is 1530. The van der Waals surface area contributed by atoms with Gasteiger partial charge in [0.25, 0.3) is 11.8 Å². The van der Waals surface area contributed by atoms with Crippen LogP contribution in [0.4, 0.5) is 8.78 Å². The SMILES string of the molecule is CC(C)(C)CC[C@H](c1ccc(C(=O)NCc2nn[nH]n2)cc1)N1C(=O)C(c2cc(F)cc(F)c2)=NC12CCC(C(C)(C)C)CC2. The number of nitrogens with zero attached hydrogens (tertiary/aromatic N) is 5. The molecule has 0 bridgehead atoms. The average molecular weight is 620 g/mol. The van der Waals surface area contributed by atoms with Gasteiger partial charge in [-0.2, -0.15) is 5.21 Å². The van der Waals surface area contributed by atoms with E-state index in [9.17, 15) is 18.4 Å². The molecule has 2 heterocycles. The maximum Gasteiger partial charge on any atom is 0.275 e. The fourth-order valence-electron chi connectivity index (χ4n) is 6.61. The first-order valence-electron chi connectivity index (χ1n) is 15.7. The molecule has 0 saturated heterocycles. The minimum Gasteiger partial charge on any atom is -0.345 e. The average Bonchev–Trinajstić information content (AvgIpc) is 3.58. The van der Waals surface area contributed by atoms with Crippen molar-refractivity contribution in [2.24, 2.45) is 21.7 Å². The number of aromatic amines is 1. The number of rotatable bonds is 8. The first-order valence-corrected chi connectivity index (χ1v) is 15.7. The van der Waals surface area contributed by atoms with E-state index in [2.05, 4.69) is 67.5 Å². The van der Waals surface area contributed by atoms with E-state index in [1.807, 2.05) is 17.0 Å². The second kappa shape index (κ2) is 12.4. The highest BCUT2D eigenvalue weighted by Crippen LogP contribution is 2.50. The highest BCUT2D eigenvalue weighted by Gasteiger charge is 2.52. The van der Waals surface area contributed by atoms with Crippen molar-refractivity contribution in [1.29, 1.82) is 0 Å². The Balaban J connectivity index is 1.51. The molecule has 0 radical (unpaired) electrons. The summed E-state index contributed by atoms with van der Waals surface area (Å²) in [4.78, 5) is 34.3. The van der Waals surface area contributed by atoms with Gasteiger partial charge < -0.3 is 10.2 Å². The van der Waals surface area contributed by atoms with Gasteiger partial charge in [-0.05, 0) is 85.1 Å². The van der Waals surface area contributed by atoms with Crippen LogP contribution in [0.3, 0.4) is 0 Å². The van der Waals surface area contributed by atoms with Gasteiger partial charge in [-0.15, -0.1) is 10.2 Å². The topological polar surface area (TPSA) is 116 Å². The molecular formula is C34H43F2N7O2. The number of aromatic nitrogens is 4. The molecule has 9 nitrogen and oxygen atoms in total. The maximum atomic E-state index is 14.5. The normalized spacial score (nSPS) is 21.2. The van der Waals surface area contributed by atoms with Gasteiger partial charge in [-0.25, -0.2) is 8.78 Å². The number of carbonyl (C=O) groups is 2. The number of aliphatic imine (C=N–C) groups is 1. The van der Waals surface area contributed by atoms with E-state index >= 15 is 0 Å². The fourth-order valence-corrected chi connectivity index (χ4v) is 6.61. The summed E-state index contributed by atoms with van der Waals surface area (Å²) in [7, 11) is 0. The molecule has 3 aromatic rings. The largest absolute Gasteiger partial charge is 0.345 e. The molecule has 2 aliphatic rings. The van der Waals surface area contributed by atoms with E-state index in [-0.39, 0.29) is 46.5 Å². The predicted molar refractivity (Wildman–Crippen MR) is 167 cm³/mol. The molecule has 1 spiro atoms. The lowest BCUT2D eigenvalue weighted by molar-refractivity contribution is -0.134. The Hall–Kier alpha value is -4.02. The Morgan fingerprint density at radius 2 is 1.69 bits per heavy atom. The van der Waals surface area contributed by atoms with Gasteiger partial charge in [-0.1, -0.05) is 58.9 Å². The standard InChI is InChI=1S/C34H43F2N7O2/c1-32(2,3)14-13-27(21-7-9-22(10-8-21)30(44)37-20-28-39-41-42-40-28)43-31(45)29(23-17-25(35)19-26(36)18-23)38-34(43)15-11-24(12-16-34)33(4,5)6/h7-10,17-19,24,27H,11-16,20H2,1-6H3,(H,37,44)(H,39,40,41,42)/t24?,27-,34?/m1/s1. The van der Waals surface area contributed by atoms with E-state index in [0.29, 0.717) is 36.6 Å². The van der Waals surface area contributed by atoms with E-state index in [4.69, 9.17) is 4.99 Å². The summed E-state index contributed by atoms with van der Waals surface area (Å²) in [5.41, 5.74) is 0.849. The van der Waals surface area contributed by atoms with Gasteiger partial charge in [0.05, 0.1) is 12.6 Å². The number of hydrogen-bond donors (Lipinski definition) is 2. The van der Waals surface area contributed by atoms with Gasteiger partial charge in [0.2, 0.25) is 0 Å². The van der Waals surface area contributed by atoms with Crippen LogP contribution in [0.2, 0.25) is 0 Å². The van der Waals surface area contributed by atoms with Crippen molar-refractivity contribution >= 4 is 17.5 Å². The van der Waals surface area contributed by atoms with Gasteiger partial charge >= 0.3 is 0 Å². The van der Waals surface area contributed by atoms with Crippen molar-refractivity contribution in [2.75, 3.05) is 0 Å². The lowest BCUT2D eigenvalue weighted by atomic mass is 9.69. The molecule has 2 aromatic carbocycles. The van der Waals surface area contributed by atoms with Crippen molar-refractivity contribution < 1.29 is 18.4 Å². The zero-order valence-corrected chi connectivity index (χ0v) is 27.0. The number of carbonyl (C=O) groups excluding carboxylic acids is 2. The number of halogens is 2. The molecule has 2 amide bonds. The highest BCUT2D eigenvalue weighted by molar-refractivity contribution is 6.46. The third-order valence-electron chi connectivity index (χ3n) is 9.17. The monoisotopic (exact) mass is 619 g/mol. The summed E-state index contributed by atoms with van der Waals surface area (Å²) >= 11 is 0. The summed E-state index contributed by atoms with van der Waals surface area (Å²) in [5.74, 6) is -1.27. The van der Waals surface area contributed by atoms with Crippen LogP contribution >= 0.6 is 0 Å². The molecule has 240 valence electrons. The molecule has 1 aliphatic heterocycles. The summed E-state index contributed by atoms with van der Waals surface area (Å²) in [6.07, 6.45) is 4.55. The van der Waals surface area contributed by atoms with E-state index in [0.717, 1.165) is 30.9 Å². The molecule has 0 unspecified atom stereocenters. The first-order chi connectivity index (χ1) is 21.1. The Morgan fingerprint density at radius 3 is 2.24 bits per heavy atom. The lowest BCUT2D eigenvalue weighted by Crippen LogP contribution is -2.51. The van der Waals surface area contributed by atoms with Gasteiger partial charge in [0.1, 0.15) is 23.0 Å². The lowest BCUT2D eigenvalue weighted by Gasteiger charge is -2.47. The van der Waals surface area contributed by atoms with Crippen molar-refractivity contribution in [3.05, 3.63) is 76.6 Å². The van der Waals surface area contributed by atoms with Crippen LogP contribution < -0.4 is 5.32 Å². The molecular weight excluding hydrogens is 576 g/mol. The second-order valence-corrected chi connectivity index (χ2v) is 14.7. The third-order valence-corrected chi connectivity index (χ3v) is 9.17. The van der Waals surface area contributed by atoms with E-state index < -0.39 is 17.3 Å². The first kappa shape index (κ1) is 32.4. The second-order valence-electron chi connectivity index (χ2n) is 14.7. The highest BCUT2D eigenvalue weighted by atomic mass is 19.1. The Morgan fingerprint density at radius 1 is 1.04 bits per heavy atom. The van der Waals surface area contributed by atoms with E-state index in [1.54, 1.807) is 12.1 Å². The number of nitrogens with one attached hydrogen (secondary N) is 2. The minimum atomic E-state index is -0.833. The van der Waals surface area contributed by atoms with Crippen molar-refractivity contribution in [3.63, 3.8) is 0 Å². The molecule has 11 heteroatoms. The smallest absolute Gasteiger partial charge is 0.275 e.